The molecule has 2 fully saturated rings. The zero-order chi connectivity index (χ0) is 36.9. The molecule has 268 valence electrons. The van der Waals surface area contributed by atoms with Crippen LogP contribution in [0.25, 0.3) is 32.9 Å². The smallest absolute Gasteiger partial charge is 0.329 e. The first-order chi connectivity index (χ1) is 24.8. The standard InChI is InChI=1S/C35H31FN6O9S/c1-51-13-12-40-27-16-21(6-9-25(27)42(35(40)48)26-10-11-29(44)38-34(26)47)20-4-2-19(3-5-20)14-30(45)37-23-7-8-24-22(15-23)17-28(43)33(32(24)36)41-18-31(46)39-52(41,49)50/h2-9,15-17,26,43H,10-14,18H2,1H3,(H,37,45)(H,39,46)(H,38,44,47). The minimum Gasteiger partial charge on any atom is -0.506 e. The molecule has 2 aliphatic rings. The molecule has 3 heterocycles. The van der Waals surface area contributed by atoms with E-state index in [2.05, 4.69) is 10.6 Å². The Balaban J connectivity index is 1.09. The minimum atomic E-state index is -4.36. The number of carbonyl (C=O) groups excluding carboxylic acids is 4. The normalized spacial score (nSPS) is 17.1. The lowest BCUT2D eigenvalue weighted by Gasteiger charge is -2.22. The van der Waals surface area contributed by atoms with Gasteiger partial charge in [-0.3, -0.25) is 33.6 Å². The van der Waals surface area contributed by atoms with Crippen LogP contribution in [0.5, 0.6) is 5.75 Å². The first kappa shape index (κ1) is 34.4. The molecule has 4 amide bonds. The third-order valence-electron chi connectivity index (χ3n) is 9.04. The highest BCUT2D eigenvalue weighted by Crippen LogP contribution is 2.39. The Kier molecular flexibility index (Phi) is 8.75. The highest BCUT2D eigenvalue weighted by molar-refractivity contribution is 7.92. The summed E-state index contributed by atoms with van der Waals surface area (Å²) < 4.78 is 50.3. The fourth-order valence-corrected chi connectivity index (χ4v) is 7.76. The number of aromatic nitrogens is 2. The average Bonchev–Trinajstić information content (AvgIpc) is 3.52. The van der Waals surface area contributed by atoms with E-state index in [1.165, 1.54) is 29.9 Å². The van der Waals surface area contributed by atoms with Gasteiger partial charge in [-0.25, -0.2) is 18.2 Å². The Morgan fingerprint density at radius 3 is 2.42 bits per heavy atom. The van der Waals surface area contributed by atoms with E-state index in [1.54, 1.807) is 27.5 Å². The van der Waals surface area contributed by atoms with E-state index in [1.807, 2.05) is 24.3 Å². The summed E-state index contributed by atoms with van der Waals surface area (Å²) in [7, 11) is -2.83. The Morgan fingerprint density at radius 1 is 0.981 bits per heavy atom. The number of fused-ring (bicyclic) bond motifs is 2. The highest BCUT2D eigenvalue weighted by Gasteiger charge is 2.38. The van der Waals surface area contributed by atoms with E-state index < -0.39 is 51.9 Å². The van der Waals surface area contributed by atoms with Crippen LogP contribution in [0.1, 0.15) is 24.4 Å². The predicted molar refractivity (Wildman–Crippen MR) is 187 cm³/mol. The SMILES string of the molecule is COCCn1c(=O)n(C2CCC(=O)NC2=O)c2ccc(-c3ccc(CC(=O)Nc4ccc5c(F)c(N6CC(=O)NS6(=O)=O)c(O)cc5c4)cc3)cc21. The number of aromatic hydroxyl groups is 1. The first-order valence-electron chi connectivity index (χ1n) is 16.1. The van der Waals surface area contributed by atoms with Crippen molar-refractivity contribution in [2.45, 2.75) is 31.8 Å². The van der Waals surface area contributed by atoms with Crippen LogP contribution in [0.15, 0.2) is 71.5 Å². The summed E-state index contributed by atoms with van der Waals surface area (Å²) in [5.41, 5.74) is 2.70. The molecule has 0 saturated carbocycles. The average molecular weight is 731 g/mol. The Morgan fingerprint density at radius 2 is 1.73 bits per heavy atom. The number of hydrogen-bond acceptors (Lipinski definition) is 9. The fraction of sp³-hybridized carbons (Fsp3) is 0.229. The molecule has 4 aromatic carbocycles. The number of ether oxygens (including phenoxy) is 1. The molecule has 1 aromatic heterocycles. The number of nitrogens with one attached hydrogen (secondary N) is 3. The van der Waals surface area contributed by atoms with Crippen LogP contribution >= 0.6 is 0 Å². The molecule has 2 saturated heterocycles. The van der Waals surface area contributed by atoms with Crippen LogP contribution in [0.3, 0.4) is 0 Å². The van der Waals surface area contributed by atoms with Gasteiger partial charge in [0.2, 0.25) is 17.7 Å². The maximum absolute atomic E-state index is 15.4. The molecule has 52 heavy (non-hydrogen) atoms. The van der Waals surface area contributed by atoms with Crippen molar-refractivity contribution in [1.82, 2.24) is 19.2 Å². The second-order valence-electron chi connectivity index (χ2n) is 12.4. The van der Waals surface area contributed by atoms with Crippen molar-refractivity contribution in [3.63, 3.8) is 0 Å². The number of halogens is 1. The maximum Gasteiger partial charge on any atom is 0.329 e. The first-order valence-corrected chi connectivity index (χ1v) is 17.5. The van der Waals surface area contributed by atoms with Crippen LogP contribution in [0, 0.1) is 5.82 Å². The van der Waals surface area contributed by atoms with Gasteiger partial charge >= 0.3 is 15.9 Å². The number of carbonyl (C=O) groups is 4. The van der Waals surface area contributed by atoms with Crippen LogP contribution in [-0.4, -0.2) is 66.5 Å². The molecular formula is C35H31FN6O9S. The third-order valence-corrected chi connectivity index (χ3v) is 10.4. The molecule has 0 bridgehead atoms. The zero-order valence-corrected chi connectivity index (χ0v) is 28.3. The summed E-state index contributed by atoms with van der Waals surface area (Å²) in [6.45, 7) is -0.164. The topological polar surface area (TPSA) is 198 Å². The predicted octanol–water partition coefficient (Wildman–Crippen LogP) is 2.45. The number of benzene rings is 4. The Labute approximate surface area is 294 Å². The molecule has 0 spiro atoms. The molecule has 0 aliphatic carbocycles. The number of methoxy groups -OCH3 is 1. The monoisotopic (exact) mass is 730 g/mol. The number of imidazole rings is 1. The van der Waals surface area contributed by atoms with E-state index >= 15 is 4.39 Å². The number of rotatable bonds is 9. The molecule has 0 radical (unpaired) electrons. The molecule has 4 N–H and O–H groups in total. The number of hydrogen-bond donors (Lipinski definition) is 4. The lowest BCUT2D eigenvalue weighted by atomic mass is 10.0. The summed E-state index contributed by atoms with van der Waals surface area (Å²) >= 11 is 0. The lowest BCUT2D eigenvalue weighted by Crippen LogP contribution is -2.44. The molecular weight excluding hydrogens is 699 g/mol. The molecule has 1 unspecified atom stereocenters. The van der Waals surface area contributed by atoms with Crippen LogP contribution < -0.4 is 25.4 Å². The van der Waals surface area contributed by atoms with Gasteiger partial charge < -0.3 is 15.2 Å². The van der Waals surface area contributed by atoms with Gasteiger partial charge in [0.1, 0.15) is 24.0 Å². The molecule has 2 aliphatic heterocycles. The number of imide groups is 1. The van der Waals surface area contributed by atoms with Gasteiger partial charge in [-0.05, 0) is 64.9 Å². The van der Waals surface area contributed by atoms with Crippen molar-refractivity contribution in [3.8, 4) is 16.9 Å². The molecule has 17 heteroatoms. The van der Waals surface area contributed by atoms with Crippen molar-refractivity contribution in [2.75, 3.05) is 29.9 Å². The minimum absolute atomic E-state index is 0.00485. The number of phenolic OH excluding ortho intramolecular Hbond substituents is 1. The zero-order valence-electron chi connectivity index (χ0n) is 27.5. The van der Waals surface area contributed by atoms with E-state index in [0.29, 0.717) is 26.6 Å². The number of anilines is 2. The summed E-state index contributed by atoms with van der Waals surface area (Å²) in [6.07, 6.45) is 0.334. The van der Waals surface area contributed by atoms with Crippen LogP contribution in [0.2, 0.25) is 0 Å². The molecule has 15 nitrogen and oxygen atoms in total. The van der Waals surface area contributed by atoms with Gasteiger partial charge in [0.25, 0.3) is 5.91 Å². The summed E-state index contributed by atoms with van der Waals surface area (Å²) in [5.74, 6) is -3.88. The Bertz CT molecular complexity index is 2490. The van der Waals surface area contributed by atoms with E-state index in [-0.39, 0.29) is 60.7 Å². The molecule has 1 atom stereocenters. The molecule has 7 rings (SSSR count). The van der Waals surface area contributed by atoms with E-state index in [0.717, 1.165) is 17.2 Å². The number of piperidine rings is 1. The quantitative estimate of drug-likeness (QED) is 0.165. The maximum atomic E-state index is 15.4. The number of amides is 4. The van der Waals surface area contributed by atoms with Gasteiger partial charge in [0.05, 0.1) is 30.6 Å². The van der Waals surface area contributed by atoms with Gasteiger partial charge in [0.15, 0.2) is 5.82 Å². The van der Waals surface area contributed by atoms with Crippen molar-refractivity contribution in [3.05, 3.63) is 88.6 Å². The summed E-state index contributed by atoms with van der Waals surface area (Å²) in [6, 6.07) is 17.2. The summed E-state index contributed by atoms with van der Waals surface area (Å²) in [4.78, 5) is 62.6. The van der Waals surface area contributed by atoms with E-state index in [9.17, 15) is 37.5 Å². The lowest BCUT2D eigenvalue weighted by molar-refractivity contribution is -0.135. The van der Waals surface area contributed by atoms with Crippen molar-refractivity contribution in [2.24, 2.45) is 0 Å². The summed E-state index contributed by atoms with van der Waals surface area (Å²) in [5, 5.41) is 15.7. The van der Waals surface area contributed by atoms with Crippen LogP contribution in [-0.2, 0) is 47.1 Å². The van der Waals surface area contributed by atoms with Crippen molar-refractivity contribution in [1.29, 1.82) is 0 Å². The number of phenols is 1. The van der Waals surface area contributed by atoms with Crippen LogP contribution in [0.4, 0.5) is 15.8 Å². The number of nitrogens with zero attached hydrogens (tertiary/aromatic N) is 3. The highest BCUT2D eigenvalue weighted by atomic mass is 32.2. The van der Waals surface area contributed by atoms with Gasteiger partial charge in [-0.1, -0.05) is 30.3 Å². The third kappa shape index (κ3) is 6.24. The van der Waals surface area contributed by atoms with E-state index in [4.69, 9.17) is 4.74 Å². The van der Waals surface area contributed by atoms with Gasteiger partial charge in [-0.2, -0.15) is 8.42 Å². The fourth-order valence-electron chi connectivity index (χ4n) is 6.59. The van der Waals surface area contributed by atoms with Crippen molar-refractivity contribution >= 4 is 67.0 Å². The van der Waals surface area contributed by atoms with Gasteiger partial charge in [0, 0.05) is 24.6 Å². The second kappa shape index (κ2) is 13.2. The Hall–Kier alpha value is -6.07. The largest absolute Gasteiger partial charge is 0.506 e. The van der Waals surface area contributed by atoms with Crippen molar-refractivity contribution < 1.29 is 41.8 Å². The second-order valence-corrected chi connectivity index (χ2v) is 14.0. The molecule has 5 aromatic rings. The van der Waals surface area contributed by atoms with Gasteiger partial charge in [-0.15, -0.1) is 0 Å².